The first-order valence-corrected chi connectivity index (χ1v) is 10.6. The molecule has 0 fully saturated rings. The minimum Gasteiger partial charge on any atom is -0.493 e. The molecule has 0 saturated heterocycles. The van der Waals surface area contributed by atoms with Crippen molar-refractivity contribution >= 4 is 28.7 Å². The molecule has 2 amide bonds. The lowest BCUT2D eigenvalue weighted by Crippen LogP contribution is -2.25. The summed E-state index contributed by atoms with van der Waals surface area (Å²) in [7, 11) is 1.55. The van der Waals surface area contributed by atoms with E-state index in [9.17, 15) is 9.59 Å². The van der Waals surface area contributed by atoms with Gasteiger partial charge in [-0.25, -0.2) is 5.01 Å². The summed E-state index contributed by atoms with van der Waals surface area (Å²) in [4.78, 5) is 23.4. The highest BCUT2D eigenvalue weighted by Crippen LogP contribution is 2.41. The molecule has 0 bridgehead atoms. The van der Waals surface area contributed by atoms with Crippen LogP contribution < -0.4 is 19.5 Å². The zero-order valence-corrected chi connectivity index (χ0v) is 18.7. The number of amidine groups is 1. The molecule has 0 spiro atoms. The van der Waals surface area contributed by atoms with Crippen molar-refractivity contribution in [3.63, 3.8) is 0 Å². The molecule has 0 aliphatic carbocycles. The van der Waals surface area contributed by atoms with Gasteiger partial charge in [-0.1, -0.05) is 35.5 Å². The summed E-state index contributed by atoms with van der Waals surface area (Å²) in [6.07, 6.45) is 0. The Morgan fingerprint density at radius 2 is 1.77 bits per heavy atom. The number of nitrogens with zero attached hydrogens (tertiary/aromatic N) is 2. The van der Waals surface area contributed by atoms with Gasteiger partial charge in [-0.3, -0.25) is 9.59 Å². The van der Waals surface area contributed by atoms with Gasteiger partial charge >= 0.3 is 0 Å². The number of thioether (sulfide) groups is 1. The maximum Gasteiger partial charge on any atom is 0.241 e. The van der Waals surface area contributed by atoms with Crippen LogP contribution in [-0.2, 0) is 9.59 Å². The van der Waals surface area contributed by atoms with E-state index in [-0.39, 0.29) is 11.8 Å². The molecular weight excluding hydrogens is 418 g/mol. The van der Waals surface area contributed by atoms with Crippen molar-refractivity contribution in [1.29, 1.82) is 0 Å². The Morgan fingerprint density at radius 1 is 1.06 bits per heavy atom. The maximum absolute atomic E-state index is 12.0. The predicted molar refractivity (Wildman–Crippen MR) is 119 cm³/mol. The van der Waals surface area contributed by atoms with Crippen LogP contribution in [0.3, 0.4) is 0 Å². The fraction of sp³-hybridized carbons (Fsp3) is 0.318. The second-order valence-electron chi connectivity index (χ2n) is 6.84. The van der Waals surface area contributed by atoms with E-state index in [0.717, 1.165) is 11.3 Å². The van der Waals surface area contributed by atoms with E-state index in [4.69, 9.17) is 14.2 Å². The van der Waals surface area contributed by atoms with E-state index >= 15 is 0 Å². The van der Waals surface area contributed by atoms with Crippen LogP contribution >= 0.6 is 11.8 Å². The third kappa shape index (κ3) is 5.91. The number of aryl methyl sites for hydroxylation is 1. The lowest BCUT2D eigenvalue weighted by Gasteiger charge is -2.20. The summed E-state index contributed by atoms with van der Waals surface area (Å²) in [5, 5.41) is 8.13. The van der Waals surface area contributed by atoms with E-state index in [1.807, 2.05) is 37.3 Å². The molecule has 9 heteroatoms. The normalized spacial score (nSPS) is 15.3. The van der Waals surface area contributed by atoms with Crippen LogP contribution in [0.25, 0.3) is 0 Å². The van der Waals surface area contributed by atoms with Crippen molar-refractivity contribution in [2.45, 2.75) is 26.1 Å². The Morgan fingerprint density at radius 3 is 2.42 bits per heavy atom. The molecule has 3 rings (SSSR count). The Labute approximate surface area is 185 Å². The third-order valence-electron chi connectivity index (χ3n) is 4.35. The van der Waals surface area contributed by atoms with Crippen molar-refractivity contribution in [1.82, 2.24) is 10.3 Å². The standard InChI is InChI=1S/C22H25N3O5S/c1-14-5-8-18(9-6-14)29-11-12-30-19-10-7-17(13-20(19)28-4)21-25(16(3)27)24-22(31-21)23-15(2)26/h5-10,13,21H,11-12H2,1-4H3,(H,23,24,26). The number of rotatable bonds is 7. The Bertz CT molecular complexity index is 978. The summed E-state index contributed by atoms with van der Waals surface area (Å²) in [6.45, 7) is 5.58. The number of hydrogen-bond acceptors (Lipinski definition) is 7. The molecule has 31 heavy (non-hydrogen) atoms. The van der Waals surface area contributed by atoms with Crippen LogP contribution in [0, 0.1) is 6.92 Å². The van der Waals surface area contributed by atoms with Gasteiger partial charge in [0, 0.05) is 13.8 Å². The third-order valence-corrected chi connectivity index (χ3v) is 5.46. The topological polar surface area (TPSA) is 89.5 Å². The molecule has 8 nitrogen and oxygen atoms in total. The first kappa shape index (κ1) is 22.5. The first-order valence-electron chi connectivity index (χ1n) is 9.70. The van der Waals surface area contributed by atoms with Gasteiger partial charge in [0.05, 0.1) is 7.11 Å². The van der Waals surface area contributed by atoms with E-state index < -0.39 is 5.37 Å². The molecule has 0 saturated carbocycles. The zero-order valence-electron chi connectivity index (χ0n) is 17.9. The van der Waals surface area contributed by atoms with Crippen molar-refractivity contribution in [2.75, 3.05) is 20.3 Å². The van der Waals surface area contributed by atoms with Gasteiger partial charge in [-0.05, 0) is 36.8 Å². The van der Waals surface area contributed by atoms with Gasteiger partial charge < -0.3 is 19.5 Å². The summed E-state index contributed by atoms with van der Waals surface area (Å²) in [6, 6.07) is 13.3. The van der Waals surface area contributed by atoms with Crippen LogP contribution in [0.5, 0.6) is 17.2 Å². The van der Waals surface area contributed by atoms with Crippen molar-refractivity contribution in [3.05, 3.63) is 53.6 Å². The Hall–Kier alpha value is -3.20. The number of amides is 2. The molecule has 2 aromatic rings. The molecule has 1 unspecified atom stereocenters. The highest BCUT2D eigenvalue weighted by Gasteiger charge is 2.32. The molecular formula is C22H25N3O5S. The van der Waals surface area contributed by atoms with Gasteiger partial charge in [0.25, 0.3) is 0 Å². The smallest absolute Gasteiger partial charge is 0.241 e. The minimum absolute atomic E-state index is 0.231. The number of methoxy groups -OCH3 is 1. The maximum atomic E-state index is 12.0. The molecule has 2 aromatic carbocycles. The number of carbonyl (C=O) groups excluding carboxylic acids is 2. The Kier molecular flexibility index (Phi) is 7.41. The van der Waals surface area contributed by atoms with Gasteiger partial charge in [0.2, 0.25) is 11.8 Å². The van der Waals surface area contributed by atoms with Gasteiger partial charge in [-0.15, -0.1) is 5.10 Å². The van der Waals surface area contributed by atoms with Gasteiger partial charge in [0.1, 0.15) is 24.3 Å². The summed E-state index contributed by atoms with van der Waals surface area (Å²) < 4.78 is 17.0. The fourth-order valence-corrected chi connectivity index (χ4v) is 4.01. The predicted octanol–water partition coefficient (Wildman–Crippen LogP) is 3.46. The van der Waals surface area contributed by atoms with Crippen molar-refractivity contribution in [2.24, 2.45) is 5.10 Å². The SMILES string of the molecule is COc1cc(C2SC(NC(C)=O)=NN2C(C)=O)ccc1OCCOc1ccc(C)cc1. The largest absolute Gasteiger partial charge is 0.493 e. The van der Waals surface area contributed by atoms with E-state index in [2.05, 4.69) is 10.4 Å². The zero-order chi connectivity index (χ0) is 22.4. The van der Waals surface area contributed by atoms with Crippen molar-refractivity contribution < 1.29 is 23.8 Å². The second-order valence-corrected chi connectivity index (χ2v) is 7.91. The summed E-state index contributed by atoms with van der Waals surface area (Å²) >= 11 is 1.28. The quantitative estimate of drug-likeness (QED) is 0.659. The molecule has 0 aromatic heterocycles. The van der Waals surface area contributed by atoms with E-state index in [0.29, 0.717) is 29.9 Å². The molecule has 1 aliphatic rings. The molecule has 1 atom stereocenters. The molecule has 1 aliphatic heterocycles. The molecule has 164 valence electrons. The van der Waals surface area contributed by atoms with Crippen molar-refractivity contribution in [3.8, 4) is 17.2 Å². The highest BCUT2D eigenvalue weighted by molar-refractivity contribution is 8.14. The van der Waals surface area contributed by atoms with Crippen LogP contribution in [-0.4, -0.2) is 42.3 Å². The van der Waals surface area contributed by atoms with Gasteiger partial charge in [-0.2, -0.15) is 0 Å². The van der Waals surface area contributed by atoms with Crippen LogP contribution in [0.2, 0.25) is 0 Å². The number of ether oxygens (including phenoxy) is 3. The lowest BCUT2D eigenvalue weighted by molar-refractivity contribution is -0.129. The molecule has 0 radical (unpaired) electrons. The monoisotopic (exact) mass is 443 g/mol. The number of hydrazone groups is 1. The highest BCUT2D eigenvalue weighted by atomic mass is 32.2. The van der Waals surface area contributed by atoms with Gasteiger partial charge in [0.15, 0.2) is 16.7 Å². The average molecular weight is 444 g/mol. The summed E-state index contributed by atoms with van der Waals surface area (Å²) in [5.41, 5.74) is 1.97. The first-order chi connectivity index (χ1) is 14.9. The number of benzene rings is 2. The summed E-state index contributed by atoms with van der Waals surface area (Å²) in [5.74, 6) is 1.41. The minimum atomic E-state index is -0.410. The van der Waals surface area contributed by atoms with E-state index in [1.54, 1.807) is 19.2 Å². The second kappa shape index (κ2) is 10.2. The number of hydrogen-bond donors (Lipinski definition) is 1. The molecule has 1 heterocycles. The van der Waals surface area contributed by atoms with E-state index in [1.165, 1.54) is 36.2 Å². The number of nitrogens with one attached hydrogen (secondary N) is 1. The number of carbonyl (C=O) groups is 2. The van der Waals surface area contributed by atoms with Crippen LogP contribution in [0.15, 0.2) is 47.6 Å². The van der Waals surface area contributed by atoms with Crippen LogP contribution in [0.1, 0.15) is 30.3 Å². The Balaban J connectivity index is 1.64. The lowest BCUT2D eigenvalue weighted by atomic mass is 10.2. The molecule has 1 N–H and O–H groups in total. The van der Waals surface area contributed by atoms with Crippen LogP contribution in [0.4, 0.5) is 0 Å². The average Bonchev–Trinajstić information content (AvgIpc) is 3.16. The fourth-order valence-electron chi connectivity index (χ4n) is 2.88.